The molecule has 1 aromatic heterocycles. The van der Waals surface area contributed by atoms with Gasteiger partial charge in [-0.25, -0.2) is 13.2 Å². The van der Waals surface area contributed by atoms with E-state index in [2.05, 4.69) is 9.88 Å². The van der Waals surface area contributed by atoms with Crippen LogP contribution in [-0.4, -0.2) is 42.0 Å². The third kappa shape index (κ3) is 2.99. The summed E-state index contributed by atoms with van der Waals surface area (Å²) in [5, 5.41) is 0. The topological polar surface area (TPSA) is 36.4 Å². The van der Waals surface area contributed by atoms with Crippen LogP contribution in [0.5, 0.6) is 0 Å². The quantitative estimate of drug-likeness (QED) is 0.797. The molecule has 120 valence electrons. The predicted octanol–water partition coefficient (Wildman–Crippen LogP) is 2.46. The van der Waals surface area contributed by atoms with Gasteiger partial charge >= 0.3 is 0 Å². The molecular formula is C16H14F3N3O. The summed E-state index contributed by atoms with van der Waals surface area (Å²) in [5.41, 5.74) is 0.548. The van der Waals surface area contributed by atoms with Crippen LogP contribution in [0.4, 0.5) is 18.9 Å². The number of pyridine rings is 1. The van der Waals surface area contributed by atoms with Gasteiger partial charge in [-0.15, -0.1) is 0 Å². The number of rotatable bonds is 2. The molecule has 0 N–H and O–H groups in total. The molecule has 1 saturated heterocycles. The number of amides is 1. The van der Waals surface area contributed by atoms with Crippen molar-refractivity contribution in [1.82, 2.24) is 9.88 Å². The zero-order valence-corrected chi connectivity index (χ0v) is 12.2. The Kier molecular flexibility index (Phi) is 4.18. The Balaban J connectivity index is 1.70. The summed E-state index contributed by atoms with van der Waals surface area (Å²) in [7, 11) is 0. The number of benzene rings is 1. The summed E-state index contributed by atoms with van der Waals surface area (Å²) >= 11 is 0. The van der Waals surface area contributed by atoms with E-state index in [1.807, 2.05) is 12.1 Å². The molecule has 4 nitrogen and oxygen atoms in total. The number of aromatic nitrogens is 1. The molecule has 0 spiro atoms. The van der Waals surface area contributed by atoms with Gasteiger partial charge in [0.05, 0.1) is 5.56 Å². The molecule has 1 aliphatic rings. The van der Waals surface area contributed by atoms with Gasteiger partial charge in [-0.1, -0.05) is 0 Å². The maximum absolute atomic E-state index is 13.7. The standard InChI is InChI=1S/C16H14F3N3O/c17-13-2-1-12(14(18)15(13)19)16(23)22-9-7-21(8-10-22)11-3-5-20-6-4-11/h1-6H,7-10H2. The van der Waals surface area contributed by atoms with Crippen LogP contribution in [-0.2, 0) is 0 Å². The largest absolute Gasteiger partial charge is 0.368 e. The van der Waals surface area contributed by atoms with Crippen molar-refractivity contribution in [2.75, 3.05) is 31.1 Å². The third-order valence-electron chi connectivity index (χ3n) is 3.86. The maximum Gasteiger partial charge on any atom is 0.257 e. The molecule has 2 aromatic rings. The summed E-state index contributed by atoms with van der Waals surface area (Å²) in [4.78, 5) is 19.8. The van der Waals surface area contributed by atoms with Crippen LogP contribution in [0.1, 0.15) is 10.4 Å². The number of carbonyl (C=O) groups is 1. The van der Waals surface area contributed by atoms with Crippen LogP contribution in [0, 0.1) is 17.5 Å². The molecule has 1 amide bonds. The Bertz CT molecular complexity index is 716. The number of anilines is 1. The zero-order valence-electron chi connectivity index (χ0n) is 12.2. The molecule has 1 aromatic carbocycles. The van der Waals surface area contributed by atoms with Crippen molar-refractivity contribution in [3.8, 4) is 0 Å². The van der Waals surface area contributed by atoms with Crippen molar-refractivity contribution in [2.24, 2.45) is 0 Å². The summed E-state index contributed by atoms with van der Waals surface area (Å²) < 4.78 is 39.9. The SMILES string of the molecule is O=C(c1ccc(F)c(F)c1F)N1CCN(c2ccncc2)CC1. The normalized spacial score (nSPS) is 14.9. The number of halogens is 3. The molecule has 0 radical (unpaired) electrons. The first kappa shape index (κ1) is 15.3. The minimum Gasteiger partial charge on any atom is -0.368 e. The van der Waals surface area contributed by atoms with E-state index in [0.29, 0.717) is 26.2 Å². The Morgan fingerprint density at radius 3 is 2.22 bits per heavy atom. The van der Waals surface area contributed by atoms with Crippen molar-refractivity contribution in [1.29, 1.82) is 0 Å². The van der Waals surface area contributed by atoms with Crippen molar-refractivity contribution >= 4 is 11.6 Å². The van der Waals surface area contributed by atoms with Crippen LogP contribution >= 0.6 is 0 Å². The van der Waals surface area contributed by atoms with Crippen molar-refractivity contribution in [3.63, 3.8) is 0 Å². The number of hydrogen-bond acceptors (Lipinski definition) is 3. The first-order valence-corrected chi connectivity index (χ1v) is 7.15. The molecule has 1 aliphatic heterocycles. The summed E-state index contributed by atoms with van der Waals surface area (Å²) in [6.07, 6.45) is 3.37. The Morgan fingerprint density at radius 1 is 0.913 bits per heavy atom. The molecule has 3 rings (SSSR count). The lowest BCUT2D eigenvalue weighted by Gasteiger charge is -2.36. The second-order valence-corrected chi connectivity index (χ2v) is 5.21. The fourth-order valence-electron chi connectivity index (χ4n) is 2.58. The van der Waals surface area contributed by atoms with Gasteiger partial charge in [0.15, 0.2) is 17.5 Å². The van der Waals surface area contributed by atoms with E-state index in [1.54, 1.807) is 12.4 Å². The number of carbonyl (C=O) groups excluding carboxylic acids is 1. The Labute approximate surface area is 131 Å². The minimum absolute atomic E-state index is 0.375. The second-order valence-electron chi connectivity index (χ2n) is 5.21. The van der Waals surface area contributed by atoms with Gasteiger partial charge in [0.1, 0.15) is 0 Å². The van der Waals surface area contributed by atoms with Crippen LogP contribution in [0.2, 0.25) is 0 Å². The third-order valence-corrected chi connectivity index (χ3v) is 3.86. The lowest BCUT2D eigenvalue weighted by atomic mass is 10.1. The van der Waals surface area contributed by atoms with E-state index in [4.69, 9.17) is 0 Å². The minimum atomic E-state index is -1.62. The van der Waals surface area contributed by atoms with Gasteiger partial charge in [-0.3, -0.25) is 9.78 Å². The van der Waals surface area contributed by atoms with Crippen LogP contribution in [0.25, 0.3) is 0 Å². The van der Waals surface area contributed by atoms with Gasteiger partial charge in [0.2, 0.25) is 0 Å². The molecule has 0 saturated carbocycles. The highest BCUT2D eigenvalue weighted by molar-refractivity contribution is 5.94. The van der Waals surface area contributed by atoms with Gasteiger partial charge < -0.3 is 9.80 Å². The van der Waals surface area contributed by atoms with Crippen LogP contribution in [0.15, 0.2) is 36.7 Å². The van der Waals surface area contributed by atoms with E-state index in [0.717, 1.165) is 17.8 Å². The fraction of sp³-hybridized carbons (Fsp3) is 0.250. The number of piperazine rings is 1. The molecule has 0 unspecified atom stereocenters. The van der Waals surface area contributed by atoms with Crippen LogP contribution < -0.4 is 4.90 Å². The monoisotopic (exact) mass is 321 g/mol. The van der Waals surface area contributed by atoms with Crippen molar-refractivity contribution in [3.05, 3.63) is 59.7 Å². The highest BCUT2D eigenvalue weighted by atomic mass is 19.2. The molecule has 7 heteroatoms. The number of nitrogens with zero attached hydrogens (tertiary/aromatic N) is 3. The molecule has 0 aliphatic carbocycles. The smallest absolute Gasteiger partial charge is 0.257 e. The highest BCUT2D eigenvalue weighted by Gasteiger charge is 2.26. The van der Waals surface area contributed by atoms with Crippen molar-refractivity contribution in [2.45, 2.75) is 0 Å². The van der Waals surface area contributed by atoms with E-state index in [9.17, 15) is 18.0 Å². The van der Waals surface area contributed by atoms with E-state index < -0.39 is 28.9 Å². The highest BCUT2D eigenvalue weighted by Crippen LogP contribution is 2.19. The lowest BCUT2D eigenvalue weighted by molar-refractivity contribution is 0.0740. The number of hydrogen-bond donors (Lipinski definition) is 0. The average Bonchev–Trinajstić information content (AvgIpc) is 2.60. The summed E-state index contributed by atoms with van der Waals surface area (Å²) in [6.45, 7) is 1.89. The Morgan fingerprint density at radius 2 is 1.57 bits per heavy atom. The van der Waals surface area contributed by atoms with Gasteiger partial charge in [-0.2, -0.15) is 0 Å². The summed E-state index contributed by atoms with van der Waals surface area (Å²) in [6, 6.07) is 5.48. The van der Waals surface area contributed by atoms with Gasteiger partial charge in [0, 0.05) is 44.3 Å². The van der Waals surface area contributed by atoms with E-state index in [1.165, 1.54) is 4.90 Å². The Hall–Kier alpha value is -2.57. The molecule has 23 heavy (non-hydrogen) atoms. The molecular weight excluding hydrogens is 307 g/mol. The molecule has 1 fully saturated rings. The first-order chi connectivity index (χ1) is 11.1. The first-order valence-electron chi connectivity index (χ1n) is 7.15. The van der Waals surface area contributed by atoms with Gasteiger partial charge in [-0.05, 0) is 24.3 Å². The van der Waals surface area contributed by atoms with E-state index >= 15 is 0 Å². The van der Waals surface area contributed by atoms with E-state index in [-0.39, 0.29) is 0 Å². The molecule has 2 heterocycles. The lowest BCUT2D eigenvalue weighted by Crippen LogP contribution is -2.49. The van der Waals surface area contributed by atoms with Gasteiger partial charge in [0.25, 0.3) is 5.91 Å². The zero-order chi connectivity index (χ0) is 16.4. The predicted molar refractivity (Wildman–Crippen MR) is 78.7 cm³/mol. The molecule has 0 atom stereocenters. The summed E-state index contributed by atoms with van der Waals surface area (Å²) in [5.74, 6) is -4.99. The second kappa shape index (κ2) is 6.28. The average molecular weight is 321 g/mol. The molecule has 0 bridgehead atoms. The maximum atomic E-state index is 13.7. The van der Waals surface area contributed by atoms with Crippen molar-refractivity contribution < 1.29 is 18.0 Å². The van der Waals surface area contributed by atoms with Crippen LogP contribution in [0.3, 0.4) is 0 Å². The fourth-order valence-corrected chi connectivity index (χ4v) is 2.58.